The van der Waals surface area contributed by atoms with Crippen molar-refractivity contribution in [3.05, 3.63) is 53.6 Å². The Morgan fingerprint density at radius 1 is 0.773 bits per heavy atom. The first-order valence-corrected chi connectivity index (χ1v) is 7.74. The van der Waals surface area contributed by atoms with Gasteiger partial charge < -0.3 is 14.2 Å². The number of hydrogen-bond donors (Lipinski definition) is 0. The SMILES string of the molecule is CCOc1ccc(OCCCOc2cc(C)ccc2C)cc1. The number of benzene rings is 2. The highest BCUT2D eigenvalue weighted by molar-refractivity contribution is 5.36. The van der Waals surface area contributed by atoms with Gasteiger partial charge >= 0.3 is 0 Å². The fourth-order valence-electron chi connectivity index (χ4n) is 2.09. The molecule has 0 unspecified atom stereocenters. The molecule has 0 aliphatic rings. The Morgan fingerprint density at radius 3 is 2.09 bits per heavy atom. The van der Waals surface area contributed by atoms with E-state index in [2.05, 4.69) is 32.0 Å². The van der Waals surface area contributed by atoms with E-state index in [0.717, 1.165) is 29.2 Å². The molecule has 0 aromatic heterocycles. The summed E-state index contributed by atoms with van der Waals surface area (Å²) in [6.07, 6.45) is 0.848. The van der Waals surface area contributed by atoms with Gasteiger partial charge in [0.15, 0.2) is 0 Å². The maximum atomic E-state index is 5.81. The summed E-state index contributed by atoms with van der Waals surface area (Å²) in [6, 6.07) is 13.9. The Kier molecular flexibility index (Phi) is 6.13. The average Bonchev–Trinajstić information content (AvgIpc) is 2.52. The maximum Gasteiger partial charge on any atom is 0.122 e. The molecule has 0 saturated carbocycles. The fourth-order valence-corrected chi connectivity index (χ4v) is 2.09. The number of aryl methyl sites for hydroxylation is 2. The van der Waals surface area contributed by atoms with Crippen LogP contribution in [-0.4, -0.2) is 19.8 Å². The van der Waals surface area contributed by atoms with Crippen LogP contribution in [0.15, 0.2) is 42.5 Å². The number of ether oxygens (including phenoxy) is 3. The van der Waals surface area contributed by atoms with Crippen LogP contribution in [-0.2, 0) is 0 Å². The summed E-state index contributed by atoms with van der Waals surface area (Å²) in [5, 5.41) is 0. The molecule has 0 spiro atoms. The van der Waals surface area contributed by atoms with Crippen LogP contribution in [0.5, 0.6) is 17.2 Å². The first-order chi connectivity index (χ1) is 10.7. The van der Waals surface area contributed by atoms with Crippen LogP contribution in [0.2, 0.25) is 0 Å². The van der Waals surface area contributed by atoms with Gasteiger partial charge in [0.05, 0.1) is 19.8 Å². The molecule has 0 aliphatic carbocycles. The van der Waals surface area contributed by atoms with Crippen molar-refractivity contribution in [2.75, 3.05) is 19.8 Å². The van der Waals surface area contributed by atoms with Crippen molar-refractivity contribution in [2.45, 2.75) is 27.2 Å². The maximum absolute atomic E-state index is 5.81. The molecule has 0 aliphatic heterocycles. The molecule has 0 heterocycles. The van der Waals surface area contributed by atoms with Crippen molar-refractivity contribution in [3.63, 3.8) is 0 Å². The Hall–Kier alpha value is -2.16. The third-order valence-electron chi connectivity index (χ3n) is 3.29. The molecule has 0 atom stereocenters. The summed E-state index contributed by atoms with van der Waals surface area (Å²) < 4.78 is 16.9. The molecule has 22 heavy (non-hydrogen) atoms. The zero-order valence-electron chi connectivity index (χ0n) is 13.6. The van der Waals surface area contributed by atoms with Gasteiger partial charge in [-0.1, -0.05) is 12.1 Å². The highest BCUT2D eigenvalue weighted by Gasteiger charge is 2.00. The minimum atomic E-state index is 0.638. The molecular formula is C19H24O3. The van der Waals surface area contributed by atoms with E-state index in [0.29, 0.717) is 19.8 Å². The Balaban J connectivity index is 1.69. The van der Waals surface area contributed by atoms with Crippen LogP contribution in [0.1, 0.15) is 24.5 Å². The minimum Gasteiger partial charge on any atom is -0.494 e. The standard InChI is InChI=1S/C19H24O3/c1-4-20-17-8-10-18(11-9-17)21-12-5-13-22-19-14-15(2)6-7-16(19)3/h6-11,14H,4-5,12-13H2,1-3H3. The Bertz CT molecular complexity index is 576. The van der Waals surface area contributed by atoms with Crippen LogP contribution < -0.4 is 14.2 Å². The van der Waals surface area contributed by atoms with E-state index in [1.165, 1.54) is 5.56 Å². The van der Waals surface area contributed by atoms with Gasteiger partial charge in [0.25, 0.3) is 0 Å². The molecule has 3 nitrogen and oxygen atoms in total. The van der Waals surface area contributed by atoms with Gasteiger partial charge in [0, 0.05) is 6.42 Å². The molecule has 0 radical (unpaired) electrons. The Labute approximate surface area is 132 Å². The van der Waals surface area contributed by atoms with E-state index >= 15 is 0 Å². The zero-order valence-corrected chi connectivity index (χ0v) is 13.6. The summed E-state index contributed by atoms with van der Waals surface area (Å²) >= 11 is 0. The van der Waals surface area contributed by atoms with E-state index in [4.69, 9.17) is 14.2 Å². The second kappa shape index (κ2) is 8.32. The first kappa shape index (κ1) is 16.2. The predicted octanol–water partition coefficient (Wildman–Crippen LogP) is 4.55. The molecule has 2 aromatic rings. The van der Waals surface area contributed by atoms with E-state index in [1.54, 1.807) is 0 Å². The second-order valence-electron chi connectivity index (χ2n) is 5.22. The zero-order chi connectivity index (χ0) is 15.8. The van der Waals surface area contributed by atoms with Crippen LogP contribution in [0.4, 0.5) is 0 Å². The van der Waals surface area contributed by atoms with Crippen molar-refractivity contribution < 1.29 is 14.2 Å². The van der Waals surface area contributed by atoms with Crippen LogP contribution in [0, 0.1) is 13.8 Å². The van der Waals surface area contributed by atoms with Crippen molar-refractivity contribution in [1.82, 2.24) is 0 Å². The van der Waals surface area contributed by atoms with Crippen LogP contribution in [0.3, 0.4) is 0 Å². The van der Waals surface area contributed by atoms with Gasteiger partial charge in [-0.2, -0.15) is 0 Å². The second-order valence-corrected chi connectivity index (χ2v) is 5.22. The highest BCUT2D eigenvalue weighted by atomic mass is 16.5. The van der Waals surface area contributed by atoms with Gasteiger partial charge in [0.2, 0.25) is 0 Å². The van der Waals surface area contributed by atoms with E-state index in [1.807, 2.05) is 31.2 Å². The van der Waals surface area contributed by atoms with Gasteiger partial charge in [0.1, 0.15) is 17.2 Å². The van der Waals surface area contributed by atoms with Gasteiger partial charge in [-0.25, -0.2) is 0 Å². The highest BCUT2D eigenvalue weighted by Crippen LogP contribution is 2.20. The van der Waals surface area contributed by atoms with Crippen molar-refractivity contribution in [1.29, 1.82) is 0 Å². The average molecular weight is 300 g/mol. The molecule has 3 heteroatoms. The lowest BCUT2D eigenvalue weighted by Crippen LogP contribution is -2.05. The van der Waals surface area contributed by atoms with E-state index < -0.39 is 0 Å². The number of rotatable bonds is 8. The molecule has 2 aromatic carbocycles. The quantitative estimate of drug-likeness (QED) is 0.669. The molecule has 0 N–H and O–H groups in total. The number of hydrogen-bond acceptors (Lipinski definition) is 3. The largest absolute Gasteiger partial charge is 0.494 e. The Morgan fingerprint density at radius 2 is 1.41 bits per heavy atom. The monoisotopic (exact) mass is 300 g/mol. The smallest absolute Gasteiger partial charge is 0.122 e. The summed E-state index contributed by atoms with van der Waals surface area (Å²) in [6.45, 7) is 8.07. The van der Waals surface area contributed by atoms with Gasteiger partial charge in [-0.05, 0) is 62.2 Å². The lowest BCUT2D eigenvalue weighted by atomic mass is 10.1. The summed E-state index contributed by atoms with van der Waals surface area (Å²) in [5.74, 6) is 2.68. The van der Waals surface area contributed by atoms with Crippen LogP contribution in [0.25, 0.3) is 0 Å². The first-order valence-electron chi connectivity index (χ1n) is 7.74. The minimum absolute atomic E-state index is 0.638. The van der Waals surface area contributed by atoms with E-state index in [-0.39, 0.29) is 0 Å². The van der Waals surface area contributed by atoms with Gasteiger partial charge in [-0.3, -0.25) is 0 Å². The summed E-state index contributed by atoms with van der Waals surface area (Å²) in [5.41, 5.74) is 2.38. The summed E-state index contributed by atoms with van der Waals surface area (Å²) in [4.78, 5) is 0. The normalized spacial score (nSPS) is 10.3. The lowest BCUT2D eigenvalue weighted by molar-refractivity contribution is 0.246. The third kappa shape index (κ3) is 4.99. The van der Waals surface area contributed by atoms with Crippen LogP contribution >= 0.6 is 0 Å². The van der Waals surface area contributed by atoms with Gasteiger partial charge in [-0.15, -0.1) is 0 Å². The van der Waals surface area contributed by atoms with E-state index in [9.17, 15) is 0 Å². The van der Waals surface area contributed by atoms with Crippen molar-refractivity contribution >= 4 is 0 Å². The molecule has 118 valence electrons. The lowest BCUT2D eigenvalue weighted by Gasteiger charge is -2.11. The molecule has 0 fully saturated rings. The molecule has 2 rings (SSSR count). The summed E-state index contributed by atoms with van der Waals surface area (Å²) in [7, 11) is 0. The molecule has 0 bridgehead atoms. The predicted molar refractivity (Wildman–Crippen MR) is 89.1 cm³/mol. The molecule has 0 saturated heterocycles. The molecule has 0 amide bonds. The topological polar surface area (TPSA) is 27.7 Å². The van der Waals surface area contributed by atoms with Crippen molar-refractivity contribution in [2.24, 2.45) is 0 Å². The fraction of sp³-hybridized carbons (Fsp3) is 0.368. The molecular weight excluding hydrogens is 276 g/mol. The third-order valence-corrected chi connectivity index (χ3v) is 3.29. The van der Waals surface area contributed by atoms with Crippen molar-refractivity contribution in [3.8, 4) is 17.2 Å².